The molecule has 1 spiro atoms. The molecule has 1 aromatic rings. The predicted molar refractivity (Wildman–Crippen MR) is 68.5 cm³/mol. The fraction of sp³-hybridized carbons (Fsp3) is 0.600. The van der Waals surface area contributed by atoms with Crippen molar-refractivity contribution in [3.63, 3.8) is 0 Å². The summed E-state index contributed by atoms with van der Waals surface area (Å²) in [5, 5.41) is 3.29. The summed E-state index contributed by atoms with van der Waals surface area (Å²) >= 11 is 0. The number of hydrogen-bond donors (Lipinski definition) is 1. The summed E-state index contributed by atoms with van der Waals surface area (Å²) in [6, 6.07) is 4.16. The van der Waals surface area contributed by atoms with Crippen molar-refractivity contribution in [2.75, 3.05) is 5.32 Å². The van der Waals surface area contributed by atoms with E-state index in [4.69, 9.17) is 0 Å². The Kier molecular flexibility index (Phi) is 3.00. The Labute approximate surface area is 107 Å². The molecule has 0 saturated heterocycles. The molecule has 1 nitrogen and oxygen atoms in total. The van der Waals surface area contributed by atoms with Crippen molar-refractivity contribution in [1.29, 1.82) is 0 Å². The minimum Gasteiger partial charge on any atom is -0.379 e. The number of benzene rings is 1. The normalized spacial score (nSPS) is 25.8. The van der Waals surface area contributed by atoms with Crippen molar-refractivity contribution in [3.8, 4) is 0 Å². The van der Waals surface area contributed by atoms with Gasteiger partial charge in [-0.1, -0.05) is 19.3 Å². The van der Waals surface area contributed by atoms with E-state index in [1.807, 2.05) is 0 Å². The van der Waals surface area contributed by atoms with Gasteiger partial charge in [-0.3, -0.25) is 0 Å². The maximum Gasteiger partial charge on any atom is 0.149 e. The predicted octanol–water partition coefficient (Wildman–Crippen LogP) is 4.49. The average Bonchev–Trinajstić information content (AvgIpc) is 2.37. The van der Waals surface area contributed by atoms with E-state index in [0.717, 1.165) is 12.5 Å². The lowest BCUT2D eigenvalue weighted by Crippen LogP contribution is -2.50. The Morgan fingerprint density at radius 2 is 1.83 bits per heavy atom. The van der Waals surface area contributed by atoms with Gasteiger partial charge in [0.05, 0.1) is 5.69 Å². The molecular formula is C15H19F2N. The molecule has 1 N–H and O–H groups in total. The van der Waals surface area contributed by atoms with E-state index < -0.39 is 11.6 Å². The standard InChI is InChI=1S/C15H19F2N/c16-11-4-5-13(12(17)10-11)18-14-6-9-15(14)7-2-1-3-8-15/h4-5,10,14,18H,1-3,6-9H2. The molecule has 3 rings (SSSR count). The van der Waals surface area contributed by atoms with Crippen LogP contribution in [0.3, 0.4) is 0 Å². The molecule has 0 radical (unpaired) electrons. The third-order valence-electron chi connectivity index (χ3n) is 4.78. The van der Waals surface area contributed by atoms with Gasteiger partial charge in [-0.05, 0) is 43.2 Å². The van der Waals surface area contributed by atoms with Crippen LogP contribution in [0.1, 0.15) is 44.9 Å². The minimum absolute atomic E-state index is 0.373. The smallest absolute Gasteiger partial charge is 0.149 e. The first-order valence-corrected chi connectivity index (χ1v) is 6.91. The molecule has 18 heavy (non-hydrogen) atoms. The van der Waals surface area contributed by atoms with Crippen LogP contribution in [-0.2, 0) is 0 Å². The first kappa shape index (κ1) is 11.9. The molecular weight excluding hydrogens is 232 g/mol. The molecule has 0 amide bonds. The number of hydrogen-bond acceptors (Lipinski definition) is 1. The largest absolute Gasteiger partial charge is 0.379 e. The van der Waals surface area contributed by atoms with Crippen molar-refractivity contribution >= 4 is 5.69 Å². The van der Waals surface area contributed by atoms with E-state index in [1.165, 1.54) is 50.7 Å². The summed E-state index contributed by atoms with van der Waals surface area (Å²) in [5.74, 6) is -0.994. The van der Waals surface area contributed by atoms with Crippen LogP contribution in [0.2, 0.25) is 0 Å². The first-order valence-electron chi connectivity index (χ1n) is 6.91. The average molecular weight is 251 g/mol. The summed E-state index contributed by atoms with van der Waals surface area (Å²) in [7, 11) is 0. The fourth-order valence-corrected chi connectivity index (χ4v) is 3.57. The van der Waals surface area contributed by atoms with Crippen molar-refractivity contribution in [2.24, 2.45) is 5.41 Å². The lowest BCUT2D eigenvalue weighted by atomic mass is 9.57. The maximum absolute atomic E-state index is 13.6. The molecule has 0 bridgehead atoms. The van der Waals surface area contributed by atoms with E-state index in [-0.39, 0.29) is 0 Å². The SMILES string of the molecule is Fc1ccc(NC2CCC23CCCCC3)c(F)c1. The highest BCUT2D eigenvalue weighted by Crippen LogP contribution is 2.52. The molecule has 3 heteroatoms. The molecule has 0 heterocycles. The molecule has 1 aromatic carbocycles. The number of anilines is 1. The van der Waals surface area contributed by atoms with Crippen LogP contribution in [0.4, 0.5) is 14.5 Å². The zero-order valence-electron chi connectivity index (χ0n) is 10.5. The van der Waals surface area contributed by atoms with Gasteiger partial charge in [0.25, 0.3) is 0 Å². The third-order valence-corrected chi connectivity index (χ3v) is 4.78. The van der Waals surface area contributed by atoms with Gasteiger partial charge >= 0.3 is 0 Å². The highest BCUT2D eigenvalue weighted by Gasteiger charge is 2.46. The molecule has 1 atom stereocenters. The molecule has 2 aliphatic carbocycles. The van der Waals surface area contributed by atoms with E-state index in [2.05, 4.69) is 5.32 Å². The molecule has 2 fully saturated rings. The Balaban J connectivity index is 1.72. The first-order chi connectivity index (χ1) is 8.70. The monoisotopic (exact) mass is 251 g/mol. The van der Waals surface area contributed by atoms with Crippen LogP contribution >= 0.6 is 0 Å². The van der Waals surface area contributed by atoms with Crippen LogP contribution in [0.15, 0.2) is 18.2 Å². The van der Waals surface area contributed by atoms with Crippen LogP contribution in [0.25, 0.3) is 0 Å². The fourth-order valence-electron chi connectivity index (χ4n) is 3.57. The van der Waals surface area contributed by atoms with Crippen LogP contribution in [-0.4, -0.2) is 6.04 Å². The Hall–Kier alpha value is -1.12. The number of rotatable bonds is 2. The van der Waals surface area contributed by atoms with Gasteiger partial charge in [-0.25, -0.2) is 8.78 Å². The van der Waals surface area contributed by atoms with Crippen molar-refractivity contribution in [2.45, 2.75) is 51.0 Å². The van der Waals surface area contributed by atoms with Crippen LogP contribution < -0.4 is 5.32 Å². The Bertz CT molecular complexity index is 438. The lowest BCUT2D eigenvalue weighted by molar-refractivity contribution is 0.0569. The molecule has 2 aliphatic rings. The highest BCUT2D eigenvalue weighted by molar-refractivity contribution is 5.46. The highest BCUT2D eigenvalue weighted by atomic mass is 19.1. The second-order valence-electron chi connectivity index (χ2n) is 5.78. The third kappa shape index (κ3) is 2.00. The van der Waals surface area contributed by atoms with Gasteiger partial charge in [-0.15, -0.1) is 0 Å². The van der Waals surface area contributed by atoms with Crippen molar-refractivity contribution in [1.82, 2.24) is 0 Å². The Morgan fingerprint density at radius 3 is 2.44 bits per heavy atom. The summed E-state index contributed by atoms with van der Waals surface area (Å²) in [4.78, 5) is 0. The number of nitrogens with one attached hydrogen (secondary N) is 1. The van der Waals surface area contributed by atoms with Crippen molar-refractivity contribution < 1.29 is 8.78 Å². The summed E-state index contributed by atoms with van der Waals surface area (Å²) in [5.41, 5.74) is 0.838. The molecule has 1 unspecified atom stereocenters. The molecule has 2 saturated carbocycles. The van der Waals surface area contributed by atoms with Gasteiger partial charge in [0.2, 0.25) is 0 Å². The van der Waals surface area contributed by atoms with Crippen LogP contribution in [0.5, 0.6) is 0 Å². The van der Waals surface area contributed by atoms with Gasteiger partial charge in [-0.2, -0.15) is 0 Å². The summed E-state index contributed by atoms with van der Waals surface area (Å²) < 4.78 is 26.5. The van der Waals surface area contributed by atoms with E-state index in [1.54, 1.807) is 0 Å². The molecule has 98 valence electrons. The summed E-state index contributed by atoms with van der Waals surface area (Å²) in [6.07, 6.45) is 8.80. The number of halogens is 2. The molecule has 0 aromatic heterocycles. The van der Waals surface area contributed by atoms with Gasteiger partial charge in [0, 0.05) is 12.1 Å². The van der Waals surface area contributed by atoms with E-state index in [9.17, 15) is 8.78 Å². The van der Waals surface area contributed by atoms with Crippen LogP contribution in [0, 0.1) is 17.0 Å². The van der Waals surface area contributed by atoms with Gasteiger partial charge < -0.3 is 5.32 Å². The van der Waals surface area contributed by atoms with E-state index in [0.29, 0.717) is 17.1 Å². The van der Waals surface area contributed by atoms with E-state index >= 15 is 0 Å². The zero-order valence-corrected chi connectivity index (χ0v) is 10.5. The lowest BCUT2D eigenvalue weighted by Gasteiger charge is -2.52. The summed E-state index contributed by atoms with van der Waals surface area (Å²) in [6.45, 7) is 0. The van der Waals surface area contributed by atoms with Gasteiger partial charge in [0.15, 0.2) is 0 Å². The second kappa shape index (κ2) is 4.52. The topological polar surface area (TPSA) is 12.0 Å². The quantitative estimate of drug-likeness (QED) is 0.816. The van der Waals surface area contributed by atoms with Gasteiger partial charge in [0.1, 0.15) is 11.6 Å². The minimum atomic E-state index is -0.515. The van der Waals surface area contributed by atoms with Crippen molar-refractivity contribution in [3.05, 3.63) is 29.8 Å². The second-order valence-corrected chi connectivity index (χ2v) is 5.78. The maximum atomic E-state index is 13.6. The zero-order chi connectivity index (χ0) is 12.6. The molecule has 0 aliphatic heterocycles. The Morgan fingerprint density at radius 1 is 1.06 bits per heavy atom.